The number of aryl methyl sites for hydroxylation is 1. The van der Waals surface area contributed by atoms with Gasteiger partial charge in [-0.1, -0.05) is 24.3 Å². The van der Waals surface area contributed by atoms with Crippen LogP contribution in [0.25, 0.3) is 0 Å². The van der Waals surface area contributed by atoms with Gasteiger partial charge in [0.1, 0.15) is 0 Å². The first-order valence-electron chi connectivity index (χ1n) is 12.7. The molecule has 0 unspecified atom stereocenters. The fraction of sp³-hybridized carbons (Fsp3) is 0.741. The predicted molar refractivity (Wildman–Crippen MR) is 124 cm³/mol. The molecule has 1 saturated heterocycles. The zero-order valence-electron chi connectivity index (χ0n) is 19.4. The number of hydrogen-bond acceptors (Lipinski definition) is 3. The molecule has 31 heavy (non-hydrogen) atoms. The summed E-state index contributed by atoms with van der Waals surface area (Å²) in [6.45, 7) is 9.17. The number of carbonyl (C=O) groups excluding carboxylic acids is 1. The summed E-state index contributed by atoms with van der Waals surface area (Å²) in [6, 6.07) is 9.18. The average Bonchev–Trinajstić information content (AvgIpc) is 2.76. The molecule has 5 fully saturated rings. The molecule has 6 rings (SSSR count). The third-order valence-electron chi connectivity index (χ3n) is 8.78. The minimum absolute atomic E-state index is 0.218. The summed E-state index contributed by atoms with van der Waals surface area (Å²) in [4.78, 5) is 16.0. The lowest BCUT2D eigenvalue weighted by molar-refractivity contribution is -0.129. The van der Waals surface area contributed by atoms with Crippen molar-refractivity contribution in [2.45, 2.75) is 70.3 Å². The van der Waals surface area contributed by atoms with Crippen molar-refractivity contribution in [1.29, 1.82) is 0 Å². The largest absolute Gasteiger partial charge is 0.379 e. The van der Waals surface area contributed by atoms with E-state index in [-0.39, 0.29) is 5.91 Å². The smallest absolute Gasteiger partial charge is 0.230 e. The van der Waals surface area contributed by atoms with Crippen LogP contribution in [0.2, 0.25) is 0 Å². The Kier molecular flexibility index (Phi) is 6.13. The molecule has 1 aliphatic heterocycles. The maximum absolute atomic E-state index is 13.5. The van der Waals surface area contributed by atoms with Crippen LogP contribution in [-0.4, -0.2) is 49.7 Å². The molecule has 4 nitrogen and oxygen atoms in total. The van der Waals surface area contributed by atoms with Gasteiger partial charge in [-0.25, -0.2) is 0 Å². The highest BCUT2D eigenvalue weighted by Gasteiger charge is 2.49. The van der Waals surface area contributed by atoms with E-state index in [1.54, 1.807) is 0 Å². The van der Waals surface area contributed by atoms with Gasteiger partial charge in [-0.2, -0.15) is 0 Å². The summed E-state index contributed by atoms with van der Waals surface area (Å²) in [5.74, 6) is 3.55. The molecule has 1 heterocycles. The number of benzene rings is 1. The van der Waals surface area contributed by atoms with Crippen LogP contribution in [0, 0.1) is 23.7 Å². The highest BCUT2D eigenvalue weighted by atomic mass is 16.5. The molecule has 4 aliphatic carbocycles. The van der Waals surface area contributed by atoms with Gasteiger partial charge < -0.3 is 10.1 Å². The van der Waals surface area contributed by atoms with Crippen LogP contribution in [0.3, 0.4) is 0 Å². The van der Waals surface area contributed by atoms with Crippen molar-refractivity contribution in [3.63, 3.8) is 0 Å². The Balaban J connectivity index is 1.19. The first kappa shape index (κ1) is 21.5. The molecule has 4 bridgehead atoms. The summed E-state index contributed by atoms with van der Waals surface area (Å²) >= 11 is 0. The van der Waals surface area contributed by atoms with Crippen molar-refractivity contribution >= 4 is 5.91 Å². The van der Waals surface area contributed by atoms with E-state index < -0.39 is 5.41 Å². The summed E-state index contributed by atoms with van der Waals surface area (Å²) in [5, 5.41) is 3.55. The predicted octanol–water partition coefficient (Wildman–Crippen LogP) is 4.17. The van der Waals surface area contributed by atoms with Gasteiger partial charge in [0.2, 0.25) is 5.91 Å². The second-order valence-corrected chi connectivity index (χ2v) is 11.3. The van der Waals surface area contributed by atoms with Crippen molar-refractivity contribution in [3.05, 3.63) is 35.4 Å². The second-order valence-electron chi connectivity index (χ2n) is 11.3. The summed E-state index contributed by atoms with van der Waals surface area (Å²) < 4.78 is 5.45. The number of carbonyl (C=O) groups is 1. The Labute approximate surface area is 188 Å². The van der Waals surface area contributed by atoms with Crippen LogP contribution >= 0.6 is 0 Å². The molecule has 4 heteroatoms. The normalized spacial score (nSPS) is 32.9. The van der Waals surface area contributed by atoms with E-state index >= 15 is 0 Å². The van der Waals surface area contributed by atoms with Gasteiger partial charge in [0, 0.05) is 19.1 Å². The number of ether oxygens (including phenoxy) is 1. The van der Waals surface area contributed by atoms with Crippen molar-refractivity contribution in [2.75, 3.05) is 32.8 Å². The molecule has 5 aliphatic rings. The van der Waals surface area contributed by atoms with Crippen molar-refractivity contribution < 1.29 is 9.53 Å². The Morgan fingerprint density at radius 3 is 2.42 bits per heavy atom. The number of morpholine rings is 1. The fourth-order valence-electron chi connectivity index (χ4n) is 7.07. The standard InChI is InChI=1S/C27H40N2O2/c1-27(2,26(30)28-25-22-14-20-13-21(16-22)17-23(25)15-20)24-7-3-5-19(18-24)6-4-8-29-9-11-31-12-10-29/h3,5,7,18,20-23,25H,4,6,8-17H2,1-2H3,(H,28,30). The summed E-state index contributed by atoms with van der Waals surface area (Å²) in [5.41, 5.74) is 2.01. The Morgan fingerprint density at radius 2 is 1.74 bits per heavy atom. The zero-order chi connectivity index (χ0) is 21.4. The molecule has 0 aromatic heterocycles. The van der Waals surface area contributed by atoms with Gasteiger partial charge in [-0.3, -0.25) is 9.69 Å². The molecule has 4 saturated carbocycles. The van der Waals surface area contributed by atoms with E-state index in [0.29, 0.717) is 6.04 Å². The zero-order valence-corrected chi connectivity index (χ0v) is 19.4. The summed E-state index contributed by atoms with van der Waals surface area (Å²) in [6.07, 6.45) is 9.06. The van der Waals surface area contributed by atoms with Crippen LogP contribution < -0.4 is 5.32 Å². The van der Waals surface area contributed by atoms with Crippen LogP contribution in [-0.2, 0) is 21.4 Å². The van der Waals surface area contributed by atoms with E-state index in [0.717, 1.165) is 74.9 Å². The summed E-state index contributed by atoms with van der Waals surface area (Å²) in [7, 11) is 0. The third kappa shape index (κ3) is 4.57. The Bertz CT molecular complexity index is 755. The lowest BCUT2D eigenvalue weighted by Crippen LogP contribution is -2.58. The number of amides is 1. The SMILES string of the molecule is CC(C)(C(=O)NC1C2CC3CC(C2)CC1C3)c1cccc(CCCN2CCOCC2)c1. The van der Waals surface area contributed by atoms with Crippen LogP contribution in [0.4, 0.5) is 0 Å². The topological polar surface area (TPSA) is 41.6 Å². The van der Waals surface area contributed by atoms with Gasteiger partial charge in [-0.15, -0.1) is 0 Å². The minimum atomic E-state index is -0.491. The van der Waals surface area contributed by atoms with E-state index in [4.69, 9.17) is 4.74 Å². The molecular weight excluding hydrogens is 384 g/mol. The molecule has 1 N–H and O–H groups in total. The number of nitrogens with zero attached hydrogens (tertiary/aromatic N) is 1. The molecule has 0 radical (unpaired) electrons. The van der Waals surface area contributed by atoms with Crippen LogP contribution in [0.5, 0.6) is 0 Å². The molecule has 1 aromatic carbocycles. The molecule has 170 valence electrons. The molecule has 1 amide bonds. The van der Waals surface area contributed by atoms with Crippen LogP contribution in [0.1, 0.15) is 63.5 Å². The van der Waals surface area contributed by atoms with E-state index in [2.05, 4.69) is 48.3 Å². The first-order valence-corrected chi connectivity index (χ1v) is 12.7. The average molecular weight is 425 g/mol. The molecule has 1 aromatic rings. The second kappa shape index (κ2) is 8.86. The number of nitrogens with one attached hydrogen (secondary N) is 1. The Hall–Kier alpha value is -1.39. The van der Waals surface area contributed by atoms with Gasteiger partial charge in [-0.05, 0) is 100 Å². The lowest BCUT2D eigenvalue weighted by atomic mass is 9.54. The molecular formula is C27H40N2O2. The van der Waals surface area contributed by atoms with Crippen LogP contribution in [0.15, 0.2) is 24.3 Å². The quantitative estimate of drug-likeness (QED) is 0.714. The minimum Gasteiger partial charge on any atom is -0.379 e. The third-order valence-corrected chi connectivity index (χ3v) is 8.78. The highest BCUT2D eigenvalue weighted by Crippen LogP contribution is 2.53. The van der Waals surface area contributed by atoms with Crippen molar-refractivity contribution in [3.8, 4) is 0 Å². The van der Waals surface area contributed by atoms with Crippen molar-refractivity contribution in [1.82, 2.24) is 10.2 Å². The Morgan fingerprint density at radius 1 is 1.06 bits per heavy atom. The number of hydrogen-bond donors (Lipinski definition) is 1. The van der Waals surface area contributed by atoms with E-state index in [1.807, 2.05) is 0 Å². The van der Waals surface area contributed by atoms with E-state index in [9.17, 15) is 4.79 Å². The molecule has 0 atom stereocenters. The highest BCUT2D eigenvalue weighted by molar-refractivity contribution is 5.87. The van der Waals surface area contributed by atoms with Crippen molar-refractivity contribution in [2.24, 2.45) is 23.7 Å². The fourth-order valence-corrected chi connectivity index (χ4v) is 7.07. The van der Waals surface area contributed by atoms with Gasteiger partial charge in [0.15, 0.2) is 0 Å². The first-order chi connectivity index (χ1) is 15.0. The lowest BCUT2D eigenvalue weighted by Gasteiger charge is -2.54. The maximum atomic E-state index is 13.5. The monoisotopic (exact) mass is 424 g/mol. The van der Waals surface area contributed by atoms with E-state index in [1.165, 1.54) is 37.7 Å². The molecule has 0 spiro atoms. The van der Waals surface area contributed by atoms with Gasteiger partial charge in [0.25, 0.3) is 0 Å². The van der Waals surface area contributed by atoms with Gasteiger partial charge in [0.05, 0.1) is 18.6 Å². The maximum Gasteiger partial charge on any atom is 0.230 e. The van der Waals surface area contributed by atoms with Gasteiger partial charge >= 0.3 is 0 Å². The number of rotatable bonds is 7.